The molecule has 3 saturated carbocycles. The molecule has 6 heteroatoms. The zero-order valence-corrected chi connectivity index (χ0v) is 29.5. The Morgan fingerprint density at radius 1 is 0.932 bits per heavy atom. The third-order valence-electron chi connectivity index (χ3n) is 8.47. The molecule has 3 fully saturated rings. The van der Waals surface area contributed by atoms with Crippen molar-refractivity contribution in [3.63, 3.8) is 0 Å². The van der Waals surface area contributed by atoms with Gasteiger partial charge in [-0.2, -0.15) is 0 Å². The lowest BCUT2D eigenvalue weighted by Crippen LogP contribution is -2.22. The number of hydrogen-bond acceptors (Lipinski definition) is 4. The average Bonchev–Trinajstić information content (AvgIpc) is 3.71. The number of rotatable bonds is 9. The van der Waals surface area contributed by atoms with Crippen molar-refractivity contribution in [3.8, 4) is 5.75 Å². The van der Waals surface area contributed by atoms with Crippen LogP contribution >= 0.6 is 11.8 Å². The molecule has 0 amide bonds. The number of hydrogen-bond donors (Lipinski definition) is 2. The Bertz CT molecular complexity index is 1110. The van der Waals surface area contributed by atoms with Gasteiger partial charge in [0.25, 0.3) is 0 Å². The van der Waals surface area contributed by atoms with Crippen molar-refractivity contribution in [2.24, 2.45) is 11.8 Å². The van der Waals surface area contributed by atoms with Crippen molar-refractivity contribution in [3.05, 3.63) is 59.7 Å². The number of anilines is 1. The molecular weight excluding hydrogens is 570 g/mol. The molecule has 3 aliphatic rings. The molecule has 3 nitrogen and oxygen atoms in total. The highest BCUT2D eigenvalue weighted by atomic mass is 32.2. The van der Waals surface area contributed by atoms with Gasteiger partial charge in [-0.25, -0.2) is 8.78 Å². The normalized spacial score (nSPS) is 16.6. The van der Waals surface area contributed by atoms with E-state index in [2.05, 4.69) is 38.0 Å². The minimum Gasteiger partial charge on any atom is -0.493 e. The zero-order chi connectivity index (χ0) is 32.5. The third kappa shape index (κ3) is 13.9. The first-order valence-corrected chi connectivity index (χ1v) is 18.2. The summed E-state index contributed by atoms with van der Waals surface area (Å²) >= 11 is 1.45. The van der Waals surface area contributed by atoms with Crippen LogP contribution in [0.5, 0.6) is 5.75 Å². The summed E-state index contributed by atoms with van der Waals surface area (Å²) in [6, 6.07) is 9.51. The van der Waals surface area contributed by atoms with Crippen LogP contribution < -0.4 is 15.4 Å². The van der Waals surface area contributed by atoms with Crippen LogP contribution in [0.25, 0.3) is 5.57 Å². The number of allylic oxidation sites excluding steroid dienone is 1. The van der Waals surface area contributed by atoms with E-state index in [-0.39, 0.29) is 11.6 Å². The van der Waals surface area contributed by atoms with E-state index in [1.807, 2.05) is 45.5 Å². The molecule has 2 aromatic carbocycles. The van der Waals surface area contributed by atoms with E-state index < -0.39 is 0 Å². The predicted molar refractivity (Wildman–Crippen MR) is 189 cm³/mol. The second-order valence-corrected chi connectivity index (χ2v) is 13.9. The minimum absolute atomic E-state index is 0.117. The maximum Gasteiger partial charge on any atom is 0.138 e. The van der Waals surface area contributed by atoms with E-state index in [1.54, 1.807) is 12.1 Å². The lowest BCUT2D eigenvalue weighted by Gasteiger charge is -2.24. The first-order chi connectivity index (χ1) is 21.1. The third-order valence-corrected chi connectivity index (χ3v) is 9.24. The van der Waals surface area contributed by atoms with Crippen LogP contribution in [0.4, 0.5) is 14.5 Å². The van der Waals surface area contributed by atoms with Gasteiger partial charge in [0.05, 0.1) is 6.61 Å². The second kappa shape index (κ2) is 20.9. The number of benzene rings is 2. The zero-order valence-electron chi connectivity index (χ0n) is 28.7. The van der Waals surface area contributed by atoms with Crippen LogP contribution in [-0.4, -0.2) is 33.0 Å². The molecule has 0 spiro atoms. The standard InChI is InChI=1S/C18H23FO.C13H18FNS.C5H12.C2H7N/c1-12(2)15-9-16(14-7-8-14)18(10-17(15)19)20-11-13-5-3-4-6-13;1-16-13-8-7-11(9-12(13)14)15-10-5-3-2-4-6-10;1-4-5(2)3;1-3-2/h9-10,13-14H,1,3-8,11H2,2H3;7-10,15H,2-6H2,1H3;5H,4H2,1-3H3;3H,1-2H3. The van der Waals surface area contributed by atoms with E-state index in [4.69, 9.17) is 4.74 Å². The van der Waals surface area contributed by atoms with Crippen molar-refractivity contribution in [1.29, 1.82) is 0 Å². The molecule has 0 saturated heterocycles. The van der Waals surface area contributed by atoms with Gasteiger partial charge in [0.2, 0.25) is 0 Å². The van der Waals surface area contributed by atoms with Crippen molar-refractivity contribution < 1.29 is 13.5 Å². The topological polar surface area (TPSA) is 33.3 Å². The fourth-order valence-corrected chi connectivity index (χ4v) is 5.82. The minimum atomic E-state index is -0.205. The lowest BCUT2D eigenvalue weighted by atomic mass is 9.95. The smallest absolute Gasteiger partial charge is 0.138 e. The Labute approximate surface area is 272 Å². The van der Waals surface area contributed by atoms with Gasteiger partial charge in [-0.05, 0) is 119 Å². The molecule has 0 bridgehead atoms. The average molecular weight is 631 g/mol. The highest BCUT2D eigenvalue weighted by Crippen LogP contribution is 2.46. The van der Waals surface area contributed by atoms with Gasteiger partial charge in [0, 0.05) is 28.3 Å². The molecule has 0 aromatic heterocycles. The fourth-order valence-electron chi connectivity index (χ4n) is 5.36. The van der Waals surface area contributed by atoms with Gasteiger partial charge in [0.1, 0.15) is 17.4 Å². The Kier molecular flexibility index (Phi) is 18.1. The van der Waals surface area contributed by atoms with Crippen LogP contribution in [0.1, 0.15) is 122 Å². The van der Waals surface area contributed by atoms with Crippen molar-refractivity contribution in [1.82, 2.24) is 5.32 Å². The summed E-state index contributed by atoms with van der Waals surface area (Å²) in [5.74, 6) is 2.55. The molecule has 0 radical (unpaired) electrons. The molecule has 3 aliphatic carbocycles. The SMILES string of the molecule is C=C(C)c1cc(C2CC2)c(OCC2CCCC2)cc1F.CCC(C)C.CNC.CSc1ccc(NC2CCCCC2)cc1F. The highest BCUT2D eigenvalue weighted by molar-refractivity contribution is 7.98. The molecule has 0 heterocycles. The van der Waals surface area contributed by atoms with Crippen molar-refractivity contribution in [2.45, 2.75) is 122 Å². The first-order valence-electron chi connectivity index (χ1n) is 16.9. The molecule has 0 unspecified atom stereocenters. The number of ether oxygens (including phenoxy) is 1. The molecule has 0 atom stereocenters. The van der Waals surface area contributed by atoms with E-state index in [0.29, 0.717) is 28.3 Å². The summed E-state index contributed by atoms with van der Waals surface area (Å²) in [4.78, 5) is 0.717. The summed E-state index contributed by atoms with van der Waals surface area (Å²) in [7, 11) is 3.75. The van der Waals surface area contributed by atoms with Crippen molar-refractivity contribution >= 4 is 23.0 Å². The van der Waals surface area contributed by atoms with Gasteiger partial charge in [0.15, 0.2) is 0 Å². The number of thioether (sulfide) groups is 1. The van der Waals surface area contributed by atoms with E-state index in [9.17, 15) is 8.78 Å². The van der Waals surface area contributed by atoms with E-state index in [1.165, 1.54) is 94.4 Å². The monoisotopic (exact) mass is 630 g/mol. The van der Waals surface area contributed by atoms with Gasteiger partial charge < -0.3 is 15.4 Å². The van der Waals surface area contributed by atoms with E-state index in [0.717, 1.165) is 29.5 Å². The first kappa shape index (κ1) is 38.1. The number of halogens is 2. The summed E-state index contributed by atoms with van der Waals surface area (Å²) in [5, 5.41) is 6.17. The molecule has 5 rings (SSSR count). The number of nitrogens with one attached hydrogen (secondary N) is 2. The van der Waals surface area contributed by atoms with E-state index >= 15 is 0 Å². The van der Waals surface area contributed by atoms with Crippen LogP contribution in [0, 0.1) is 23.5 Å². The van der Waals surface area contributed by atoms with Crippen LogP contribution in [0.3, 0.4) is 0 Å². The molecule has 248 valence electrons. The summed E-state index contributed by atoms with van der Waals surface area (Å²) in [6.07, 6.45) is 17.1. The van der Waals surface area contributed by atoms with Gasteiger partial charge in [-0.1, -0.05) is 65.9 Å². The maximum absolute atomic E-state index is 14.1. The molecule has 44 heavy (non-hydrogen) atoms. The van der Waals surface area contributed by atoms with Gasteiger partial charge in [-0.15, -0.1) is 11.8 Å². The Morgan fingerprint density at radius 3 is 2.02 bits per heavy atom. The molecule has 0 aliphatic heterocycles. The van der Waals surface area contributed by atoms with Crippen LogP contribution in [-0.2, 0) is 0 Å². The molecular formula is C38H60F2N2OS. The summed E-state index contributed by atoms with van der Waals surface area (Å²) < 4.78 is 33.6. The fraction of sp³-hybridized carbons (Fsp3) is 0.632. The summed E-state index contributed by atoms with van der Waals surface area (Å²) in [6.45, 7) is 13.1. The predicted octanol–water partition coefficient (Wildman–Crippen LogP) is 11.5. The Morgan fingerprint density at radius 2 is 1.52 bits per heavy atom. The molecule has 2 N–H and O–H groups in total. The second-order valence-electron chi connectivity index (χ2n) is 13.0. The lowest BCUT2D eigenvalue weighted by molar-refractivity contribution is 0.249. The van der Waals surface area contributed by atoms with Gasteiger partial charge >= 0.3 is 0 Å². The van der Waals surface area contributed by atoms with Crippen LogP contribution in [0.15, 0.2) is 41.8 Å². The highest BCUT2D eigenvalue weighted by Gasteiger charge is 2.29. The Balaban J connectivity index is 0.000000251. The quantitative estimate of drug-likeness (QED) is 0.270. The van der Waals surface area contributed by atoms with Gasteiger partial charge in [-0.3, -0.25) is 0 Å². The Hall–Kier alpha value is -2.05. The largest absolute Gasteiger partial charge is 0.493 e. The van der Waals surface area contributed by atoms with Crippen molar-refractivity contribution in [2.75, 3.05) is 32.3 Å². The van der Waals surface area contributed by atoms with Crippen LogP contribution in [0.2, 0.25) is 0 Å². The summed E-state index contributed by atoms with van der Waals surface area (Å²) in [5.41, 5.74) is 3.52. The maximum atomic E-state index is 14.1. The molecule has 2 aromatic rings.